The van der Waals surface area contributed by atoms with Gasteiger partial charge in [0.15, 0.2) is 0 Å². The van der Waals surface area contributed by atoms with E-state index in [-0.39, 0.29) is 24.3 Å². The third kappa shape index (κ3) is 2.33. The Bertz CT molecular complexity index is 509. The number of benzene rings is 1. The third-order valence-corrected chi connectivity index (χ3v) is 3.73. The Kier molecular flexibility index (Phi) is 3.21. The van der Waals surface area contributed by atoms with Crippen LogP contribution in [0.2, 0.25) is 0 Å². The molecule has 0 aromatic heterocycles. The van der Waals surface area contributed by atoms with E-state index < -0.39 is 0 Å². The molecule has 2 aliphatic heterocycles. The summed E-state index contributed by atoms with van der Waals surface area (Å²) >= 11 is 0. The molecule has 0 bridgehead atoms. The molecule has 1 fully saturated rings. The van der Waals surface area contributed by atoms with Gasteiger partial charge in [-0.3, -0.25) is 9.59 Å². The van der Waals surface area contributed by atoms with Gasteiger partial charge in [-0.05, 0) is 38.1 Å². The molecule has 2 heterocycles. The van der Waals surface area contributed by atoms with Gasteiger partial charge in [-0.1, -0.05) is 12.1 Å². The van der Waals surface area contributed by atoms with Crippen LogP contribution in [-0.2, 0) is 9.59 Å². The summed E-state index contributed by atoms with van der Waals surface area (Å²) < 4.78 is 0. The minimum absolute atomic E-state index is 0.0280. The summed E-state index contributed by atoms with van der Waals surface area (Å²) in [6.07, 6.45) is 1.69. The quantitative estimate of drug-likeness (QED) is 0.790. The maximum Gasteiger partial charge on any atom is 0.244 e. The van der Waals surface area contributed by atoms with Crippen LogP contribution < -0.4 is 15.5 Å². The van der Waals surface area contributed by atoms with E-state index in [1.165, 1.54) is 0 Å². The Balaban J connectivity index is 1.87. The number of fused-ring (bicyclic) bond motifs is 1. The molecule has 5 nitrogen and oxygen atoms in total. The van der Waals surface area contributed by atoms with Crippen molar-refractivity contribution in [2.24, 2.45) is 5.92 Å². The van der Waals surface area contributed by atoms with Gasteiger partial charge < -0.3 is 15.5 Å². The molecule has 5 heteroatoms. The van der Waals surface area contributed by atoms with Gasteiger partial charge >= 0.3 is 0 Å². The zero-order valence-corrected chi connectivity index (χ0v) is 10.7. The number of hydrogen-bond donors (Lipinski definition) is 2. The van der Waals surface area contributed by atoms with Gasteiger partial charge in [0.25, 0.3) is 0 Å². The van der Waals surface area contributed by atoms with Crippen molar-refractivity contribution in [1.29, 1.82) is 0 Å². The van der Waals surface area contributed by atoms with Gasteiger partial charge in [0, 0.05) is 5.92 Å². The van der Waals surface area contributed by atoms with Gasteiger partial charge in [-0.25, -0.2) is 0 Å². The average molecular weight is 259 g/mol. The van der Waals surface area contributed by atoms with Crippen molar-refractivity contribution in [2.75, 3.05) is 29.9 Å². The van der Waals surface area contributed by atoms with Gasteiger partial charge in [0.1, 0.15) is 6.54 Å². The van der Waals surface area contributed by atoms with Crippen molar-refractivity contribution in [1.82, 2.24) is 5.32 Å². The second-order valence-electron chi connectivity index (χ2n) is 5.01. The van der Waals surface area contributed by atoms with Crippen LogP contribution in [0.3, 0.4) is 0 Å². The fraction of sp³-hybridized carbons (Fsp3) is 0.429. The van der Waals surface area contributed by atoms with Crippen molar-refractivity contribution in [3.63, 3.8) is 0 Å². The topological polar surface area (TPSA) is 61.4 Å². The first kappa shape index (κ1) is 12.2. The lowest BCUT2D eigenvalue weighted by Crippen LogP contribution is -2.46. The van der Waals surface area contributed by atoms with E-state index in [0.29, 0.717) is 0 Å². The smallest absolute Gasteiger partial charge is 0.244 e. The number of hydrogen-bond acceptors (Lipinski definition) is 3. The van der Waals surface area contributed by atoms with Gasteiger partial charge in [-0.2, -0.15) is 0 Å². The molecule has 100 valence electrons. The molecule has 2 aliphatic rings. The van der Waals surface area contributed by atoms with Gasteiger partial charge in [0.2, 0.25) is 11.8 Å². The number of carbonyl (C=O) groups is 2. The summed E-state index contributed by atoms with van der Waals surface area (Å²) in [7, 11) is 0. The minimum atomic E-state index is -0.124. The van der Waals surface area contributed by atoms with E-state index in [9.17, 15) is 9.59 Å². The summed E-state index contributed by atoms with van der Waals surface area (Å²) in [5.74, 6) is -0.0232. The van der Waals surface area contributed by atoms with E-state index in [2.05, 4.69) is 10.6 Å². The Morgan fingerprint density at radius 2 is 1.95 bits per heavy atom. The van der Waals surface area contributed by atoms with E-state index in [4.69, 9.17) is 0 Å². The standard InChI is InChI=1S/C14H17N3O2/c18-13-9-17(12-4-2-1-3-11(12)16-13)14(19)10-5-7-15-8-6-10/h1-4,10,15H,5-9H2,(H,16,18). The van der Waals surface area contributed by atoms with Gasteiger partial charge in [-0.15, -0.1) is 0 Å². The summed E-state index contributed by atoms with van der Waals surface area (Å²) in [6.45, 7) is 1.87. The van der Waals surface area contributed by atoms with Crippen molar-refractivity contribution >= 4 is 23.2 Å². The monoisotopic (exact) mass is 259 g/mol. The molecule has 3 rings (SSSR count). The molecule has 0 radical (unpaired) electrons. The first-order valence-corrected chi connectivity index (χ1v) is 6.66. The summed E-state index contributed by atoms with van der Waals surface area (Å²) in [5, 5.41) is 6.05. The van der Waals surface area contributed by atoms with Crippen LogP contribution in [0.4, 0.5) is 11.4 Å². The highest BCUT2D eigenvalue weighted by Crippen LogP contribution is 2.31. The number of nitrogens with zero attached hydrogens (tertiary/aromatic N) is 1. The van der Waals surface area contributed by atoms with Crippen molar-refractivity contribution < 1.29 is 9.59 Å². The first-order chi connectivity index (χ1) is 9.25. The number of nitrogens with one attached hydrogen (secondary N) is 2. The lowest BCUT2D eigenvalue weighted by atomic mass is 9.96. The number of piperidine rings is 1. The summed E-state index contributed by atoms with van der Waals surface area (Å²) in [6, 6.07) is 7.46. The average Bonchev–Trinajstić information content (AvgIpc) is 2.46. The number of anilines is 2. The zero-order chi connectivity index (χ0) is 13.2. The van der Waals surface area contributed by atoms with Gasteiger partial charge in [0.05, 0.1) is 11.4 Å². The fourth-order valence-corrected chi connectivity index (χ4v) is 2.72. The highest BCUT2D eigenvalue weighted by Gasteiger charge is 2.31. The maximum absolute atomic E-state index is 12.6. The van der Waals surface area contributed by atoms with Crippen LogP contribution in [-0.4, -0.2) is 31.4 Å². The number of amides is 2. The lowest BCUT2D eigenvalue weighted by Gasteiger charge is -2.33. The van der Waals surface area contributed by atoms with Crippen molar-refractivity contribution in [2.45, 2.75) is 12.8 Å². The second kappa shape index (κ2) is 5.01. The number of carbonyl (C=O) groups excluding carboxylic acids is 2. The Labute approximate surface area is 112 Å². The van der Waals surface area contributed by atoms with Crippen LogP contribution in [0, 0.1) is 5.92 Å². The number of rotatable bonds is 1. The Morgan fingerprint density at radius 3 is 2.74 bits per heavy atom. The van der Waals surface area contributed by atoms with Crippen molar-refractivity contribution in [3.8, 4) is 0 Å². The molecular formula is C14H17N3O2. The predicted octanol–water partition coefficient (Wildman–Crippen LogP) is 0.971. The largest absolute Gasteiger partial charge is 0.323 e. The molecule has 1 aromatic carbocycles. The molecule has 19 heavy (non-hydrogen) atoms. The molecule has 1 saturated heterocycles. The molecule has 0 atom stereocenters. The Morgan fingerprint density at radius 1 is 1.21 bits per heavy atom. The molecule has 0 unspecified atom stereocenters. The van der Waals surface area contributed by atoms with Crippen LogP contribution in [0.5, 0.6) is 0 Å². The van der Waals surface area contributed by atoms with Crippen LogP contribution in [0.25, 0.3) is 0 Å². The molecule has 1 aromatic rings. The molecule has 0 spiro atoms. The zero-order valence-electron chi connectivity index (χ0n) is 10.7. The van der Waals surface area contributed by atoms with E-state index in [0.717, 1.165) is 37.3 Å². The Hall–Kier alpha value is -1.88. The summed E-state index contributed by atoms with van der Waals surface area (Å²) in [4.78, 5) is 25.9. The molecule has 2 amide bonds. The predicted molar refractivity (Wildman–Crippen MR) is 73.0 cm³/mol. The number of para-hydroxylation sites is 2. The van der Waals surface area contributed by atoms with Crippen molar-refractivity contribution in [3.05, 3.63) is 24.3 Å². The fourth-order valence-electron chi connectivity index (χ4n) is 2.72. The minimum Gasteiger partial charge on any atom is -0.323 e. The van der Waals surface area contributed by atoms with Crippen LogP contribution in [0.15, 0.2) is 24.3 Å². The lowest BCUT2D eigenvalue weighted by molar-refractivity contribution is -0.125. The second-order valence-corrected chi connectivity index (χ2v) is 5.01. The SMILES string of the molecule is O=C1CN(C(=O)C2CCNCC2)c2ccccc2N1. The normalized spacial score (nSPS) is 19.8. The van der Waals surface area contributed by atoms with E-state index >= 15 is 0 Å². The first-order valence-electron chi connectivity index (χ1n) is 6.66. The molecule has 2 N–H and O–H groups in total. The third-order valence-electron chi connectivity index (χ3n) is 3.73. The molecule has 0 aliphatic carbocycles. The highest BCUT2D eigenvalue weighted by molar-refractivity contribution is 6.10. The maximum atomic E-state index is 12.6. The molecule has 0 saturated carbocycles. The highest BCUT2D eigenvalue weighted by atomic mass is 16.2. The van der Waals surface area contributed by atoms with E-state index in [1.807, 2.05) is 24.3 Å². The summed E-state index contributed by atoms with van der Waals surface area (Å²) in [5.41, 5.74) is 1.53. The van der Waals surface area contributed by atoms with Crippen LogP contribution >= 0.6 is 0 Å². The molecular weight excluding hydrogens is 242 g/mol. The van der Waals surface area contributed by atoms with Crippen LogP contribution in [0.1, 0.15) is 12.8 Å². The van der Waals surface area contributed by atoms with E-state index in [1.54, 1.807) is 4.90 Å².